The Morgan fingerprint density at radius 1 is 0.920 bits per heavy atom. The Kier molecular flexibility index (Phi) is 6.27. The summed E-state index contributed by atoms with van der Waals surface area (Å²) in [6, 6.07) is 19.9. The van der Waals surface area contributed by atoms with Gasteiger partial charge in [0.25, 0.3) is 0 Å². The fourth-order valence-electron chi connectivity index (χ4n) is 3.68. The topological polar surface area (TPSA) is 37.4 Å². The maximum absolute atomic E-state index is 12.4. The van der Waals surface area contributed by atoms with Gasteiger partial charge in [0.15, 0.2) is 9.84 Å². The van der Waals surface area contributed by atoms with E-state index in [4.69, 9.17) is 0 Å². The van der Waals surface area contributed by atoms with E-state index in [-0.39, 0.29) is 5.75 Å². The number of likely N-dealkylation sites (tertiary alicyclic amines) is 1. The molecule has 2 aromatic rings. The third-order valence-corrected chi connectivity index (χ3v) is 6.84. The molecular formula is C21H27NO2S. The first-order chi connectivity index (χ1) is 12.1. The maximum atomic E-state index is 12.4. The molecule has 0 N–H and O–H groups in total. The van der Waals surface area contributed by atoms with Gasteiger partial charge in [-0.15, -0.1) is 0 Å². The Hall–Kier alpha value is -1.65. The summed E-state index contributed by atoms with van der Waals surface area (Å²) in [6.45, 7) is 1.95. The van der Waals surface area contributed by atoms with Crippen molar-refractivity contribution < 1.29 is 8.42 Å². The van der Waals surface area contributed by atoms with Crippen LogP contribution in [0.1, 0.15) is 31.2 Å². The lowest BCUT2D eigenvalue weighted by molar-refractivity contribution is 0.148. The fourth-order valence-corrected chi connectivity index (χ4v) is 4.99. The summed E-state index contributed by atoms with van der Waals surface area (Å²) in [5.41, 5.74) is 1.37. The summed E-state index contributed by atoms with van der Waals surface area (Å²) in [7, 11) is -3.16. The van der Waals surface area contributed by atoms with Crippen molar-refractivity contribution in [3.63, 3.8) is 0 Å². The predicted octanol–water partition coefficient (Wildman–Crippen LogP) is 3.95. The molecule has 1 atom stereocenters. The third kappa shape index (κ3) is 5.16. The number of hydrogen-bond acceptors (Lipinski definition) is 3. The first-order valence-corrected chi connectivity index (χ1v) is 10.9. The van der Waals surface area contributed by atoms with Crippen molar-refractivity contribution in [2.45, 2.75) is 43.0 Å². The van der Waals surface area contributed by atoms with Gasteiger partial charge in [-0.2, -0.15) is 0 Å². The van der Waals surface area contributed by atoms with Crippen molar-refractivity contribution in [1.82, 2.24) is 4.90 Å². The van der Waals surface area contributed by atoms with E-state index in [1.54, 1.807) is 24.3 Å². The Labute approximate surface area is 151 Å². The molecule has 134 valence electrons. The van der Waals surface area contributed by atoms with Crippen LogP contribution in [0, 0.1) is 0 Å². The molecule has 0 aromatic heterocycles. The molecule has 2 aromatic carbocycles. The molecule has 1 aliphatic rings. The molecule has 1 unspecified atom stereocenters. The largest absolute Gasteiger partial charge is 0.300 e. The van der Waals surface area contributed by atoms with Crippen LogP contribution in [0.15, 0.2) is 65.6 Å². The van der Waals surface area contributed by atoms with Gasteiger partial charge in [0.1, 0.15) is 0 Å². The van der Waals surface area contributed by atoms with Gasteiger partial charge in [0.2, 0.25) is 0 Å². The third-order valence-electron chi connectivity index (χ3n) is 5.02. The summed E-state index contributed by atoms with van der Waals surface area (Å²) in [6.07, 6.45) is 5.46. The fraction of sp³-hybridized carbons (Fsp3) is 0.429. The predicted molar refractivity (Wildman–Crippen MR) is 102 cm³/mol. The van der Waals surface area contributed by atoms with Crippen LogP contribution < -0.4 is 0 Å². The number of rotatable bonds is 7. The minimum absolute atomic E-state index is 0.228. The average Bonchev–Trinajstić information content (AvgIpc) is 2.65. The summed E-state index contributed by atoms with van der Waals surface area (Å²) in [5, 5.41) is 0. The van der Waals surface area contributed by atoms with Gasteiger partial charge in [-0.25, -0.2) is 8.42 Å². The molecule has 1 saturated heterocycles. The second-order valence-corrected chi connectivity index (χ2v) is 8.97. The van der Waals surface area contributed by atoms with Gasteiger partial charge in [-0.1, -0.05) is 55.0 Å². The molecule has 0 bridgehead atoms. The molecule has 0 radical (unpaired) electrons. The smallest absolute Gasteiger partial charge is 0.178 e. The van der Waals surface area contributed by atoms with E-state index in [0.717, 1.165) is 19.5 Å². The van der Waals surface area contributed by atoms with Crippen LogP contribution in [0.25, 0.3) is 0 Å². The van der Waals surface area contributed by atoms with E-state index in [0.29, 0.717) is 17.4 Å². The van der Waals surface area contributed by atoms with Gasteiger partial charge in [0.05, 0.1) is 10.6 Å². The Morgan fingerprint density at radius 2 is 1.60 bits per heavy atom. The minimum atomic E-state index is -3.16. The molecule has 25 heavy (non-hydrogen) atoms. The van der Waals surface area contributed by atoms with Crippen LogP contribution in [-0.4, -0.2) is 38.2 Å². The zero-order chi connectivity index (χ0) is 17.5. The van der Waals surface area contributed by atoms with Gasteiger partial charge in [-0.3, -0.25) is 0 Å². The highest BCUT2D eigenvalue weighted by Crippen LogP contribution is 2.21. The van der Waals surface area contributed by atoms with Crippen molar-refractivity contribution in [1.29, 1.82) is 0 Å². The Balaban J connectivity index is 1.55. The number of benzene rings is 2. The lowest BCUT2D eigenvalue weighted by Gasteiger charge is -2.36. The highest BCUT2D eigenvalue weighted by molar-refractivity contribution is 7.91. The van der Waals surface area contributed by atoms with Crippen LogP contribution in [0.5, 0.6) is 0 Å². The van der Waals surface area contributed by atoms with Crippen molar-refractivity contribution in [2.75, 3.05) is 18.8 Å². The standard InChI is InChI=1S/C21H27NO2S/c23-25(24,21-13-5-2-6-14-21)17-9-16-22-15-8-7-12-20(22)18-19-10-3-1-4-11-19/h1-6,10-11,13-14,20H,7-9,12,15-18H2. The number of nitrogens with zero attached hydrogens (tertiary/aromatic N) is 1. The maximum Gasteiger partial charge on any atom is 0.178 e. The molecule has 1 fully saturated rings. The molecule has 4 heteroatoms. The van der Waals surface area contributed by atoms with Crippen molar-refractivity contribution >= 4 is 9.84 Å². The Bertz CT molecular complexity index is 744. The molecule has 3 rings (SSSR count). The summed E-state index contributed by atoms with van der Waals surface area (Å²) in [4.78, 5) is 2.94. The molecule has 0 spiro atoms. The van der Waals surface area contributed by atoms with Crippen molar-refractivity contribution in [2.24, 2.45) is 0 Å². The second-order valence-electron chi connectivity index (χ2n) is 6.86. The van der Waals surface area contributed by atoms with Crippen LogP contribution in [0.2, 0.25) is 0 Å². The van der Waals surface area contributed by atoms with Crippen LogP contribution in [-0.2, 0) is 16.3 Å². The van der Waals surface area contributed by atoms with Gasteiger partial charge in [0, 0.05) is 6.04 Å². The van der Waals surface area contributed by atoms with Gasteiger partial charge < -0.3 is 4.90 Å². The SMILES string of the molecule is O=S(=O)(CCCN1CCCCC1Cc1ccccc1)c1ccccc1. The molecular weight excluding hydrogens is 330 g/mol. The Morgan fingerprint density at radius 3 is 2.32 bits per heavy atom. The molecule has 0 amide bonds. The van der Waals surface area contributed by atoms with Gasteiger partial charge >= 0.3 is 0 Å². The van der Waals surface area contributed by atoms with Crippen molar-refractivity contribution in [3.8, 4) is 0 Å². The second kappa shape index (κ2) is 8.63. The zero-order valence-electron chi connectivity index (χ0n) is 14.7. The summed E-state index contributed by atoms with van der Waals surface area (Å²) < 4.78 is 24.9. The zero-order valence-corrected chi connectivity index (χ0v) is 15.5. The molecule has 1 heterocycles. The summed E-state index contributed by atoms with van der Waals surface area (Å²) in [5.74, 6) is 0.228. The highest BCUT2D eigenvalue weighted by Gasteiger charge is 2.23. The molecule has 0 saturated carbocycles. The normalized spacial score (nSPS) is 19.0. The summed E-state index contributed by atoms with van der Waals surface area (Å²) >= 11 is 0. The van der Waals surface area contributed by atoms with E-state index in [1.165, 1.54) is 24.8 Å². The first kappa shape index (κ1) is 18.2. The quantitative estimate of drug-likeness (QED) is 0.753. The van der Waals surface area contributed by atoms with E-state index < -0.39 is 9.84 Å². The molecule has 1 aliphatic heterocycles. The van der Waals surface area contributed by atoms with E-state index >= 15 is 0 Å². The van der Waals surface area contributed by atoms with Crippen LogP contribution >= 0.6 is 0 Å². The lowest BCUT2D eigenvalue weighted by atomic mass is 9.95. The van der Waals surface area contributed by atoms with Gasteiger partial charge in [-0.05, 0) is 56.5 Å². The lowest BCUT2D eigenvalue weighted by Crippen LogP contribution is -2.41. The van der Waals surface area contributed by atoms with Crippen molar-refractivity contribution in [3.05, 3.63) is 66.2 Å². The molecule has 0 aliphatic carbocycles. The number of sulfone groups is 1. The van der Waals surface area contributed by atoms with Crippen LogP contribution in [0.3, 0.4) is 0 Å². The van der Waals surface area contributed by atoms with E-state index in [2.05, 4.69) is 35.2 Å². The highest BCUT2D eigenvalue weighted by atomic mass is 32.2. The minimum Gasteiger partial charge on any atom is -0.300 e. The average molecular weight is 358 g/mol. The number of hydrogen-bond donors (Lipinski definition) is 0. The van der Waals surface area contributed by atoms with E-state index in [1.807, 2.05) is 6.07 Å². The monoisotopic (exact) mass is 357 g/mol. The van der Waals surface area contributed by atoms with E-state index in [9.17, 15) is 8.42 Å². The van der Waals surface area contributed by atoms with Crippen LogP contribution in [0.4, 0.5) is 0 Å². The molecule has 3 nitrogen and oxygen atoms in total. The number of piperidine rings is 1. The first-order valence-electron chi connectivity index (χ1n) is 9.21.